The highest BCUT2D eigenvalue weighted by Crippen LogP contribution is 2.35. The molecule has 1 saturated heterocycles. The third kappa shape index (κ3) is 7.44. The lowest BCUT2D eigenvalue weighted by molar-refractivity contribution is -0.0807. The predicted molar refractivity (Wildman–Crippen MR) is 128 cm³/mol. The van der Waals surface area contributed by atoms with Gasteiger partial charge in [-0.05, 0) is 19.3 Å². The molecule has 0 N–H and O–H groups in total. The quantitative estimate of drug-likeness (QED) is 0.303. The van der Waals surface area contributed by atoms with Crippen molar-refractivity contribution in [2.24, 2.45) is 0 Å². The van der Waals surface area contributed by atoms with Crippen LogP contribution < -0.4 is 0 Å². The molecule has 3 rings (SSSR count). The first-order valence-corrected chi connectivity index (χ1v) is 12.9. The van der Waals surface area contributed by atoms with Gasteiger partial charge in [0.2, 0.25) is 0 Å². The van der Waals surface area contributed by atoms with Crippen LogP contribution in [0.1, 0.15) is 84.8 Å². The maximum Gasteiger partial charge on any atom is 0.166 e. The average Bonchev–Trinajstić information content (AvgIpc) is 3.41. The largest absolute Gasteiger partial charge is 0.379 e. The summed E-state index contributed by atoms with van der Waals surface area (Å²) in [5.41, 5.74) is 1.48. The molecule has 0 bridgehead atoms. The summed E-state index contributed by atoms with van der Waals surface area (Å²) in [6.45, 7) is 9.21. The van der Waals surface area contributed by atoms with E-state index in [0.717, 1.165) is 62.7 Å². The Morgan fingerprint density at radius 2 is 1.52 bits per heavy atom. The first-order chi connectivity index (χ1) is 16.3. The molecule has 2 aromatic rings. The van der Waals surface area contributed by atoms with Gasteiger partial charge in [-0.3, -0.25) is 4.57 Å². The Balaban J connectivity index is 1.77. The SMILES string of the molecule is CCCCCOC[C@H]1O[C@@H](n2cnc3cncnc32)[C@H](OCCCCC)[C@@H]1OCCCCC. The summed E-state index contributed by atoms with van der Waals surface area (Å²) in [6, 6.07) is 0. The molecule has 0 saturated carbocycles. The van der Waals surface area contributed by atoms with Gasteiger partial charge in [-0.1, -0.05) is 59.3 Å². The smallest absolute Gasteiger partial charge is 0.166 e. The monoisotopic (exact) mass is 462 g/mol. The molecule has 8 heteroatoms. The van der Waals surface area contributed by atoms with Crippen molar-refractivity contribution in [2.75, 3.05) is 26.4 Å². The van der Waals surface area contributed by atoms with Crippen LogP contribution in [0.4, 0.5) is 0 Å². The van der Waals surface area contributed by atoms with Gasteiger partial charge < -0.3 is 18.9 Å². The molecule has 2 aromatic heterocycles. The van der Waals surface area contributed by atoms with Crippen LogP contribution in [-0.2, 0) is 18.9 Å². The number of fused-ring (bicyclic) bond motifs is 1. The second kappa shape index (κ2) is 14.6. The Kier molecular flexibility index (Phi) is 11.5. The molecule has 33 heavy (non-hydrogen) atoms. The number of hydrogen-bond donors (Lipinski definition) is 0. The lowest BCUT2D eigenvalue weighted by Gasteiger charge is -2.25. The average molecular weight is 463 g/mol. The highest BCUT2D eigenvalue weighted by molar-refractivity contribution is 5.69. The van der Waals surface area contributed by atoms with Crippen molar-refractivity contribution < 1.29 is 18.9 Å². The molecule has 1 aliphatic rings. The van der Waals surface area contributed by atoms with Gasteiger partial charge in [0.15, 0.2) is 11.9 Å². The molecule has 0 aromatic carbocycles. The molecule has 1 fully saturated rings. The van der Waals surface area contributed by atoms with Crippen molar-refractivity contribution in [1.82, 2.24) is 19.5 Å². The van der Waals surface area contributed by atoms with Crippen LogP contribution in [0.15, 0.2) is 18.9 Å². The summed E-state index contributed by atoms with van der Waals surface area (Å²) in [5, 5.41) is 0. The van der Waals surface area contributed by atoms with Gasteiger partial charge in [0, 0.05) is 19.8 Å². The molecule has 0 amide bonds. The number of aromatic nitrogens is 4. The van der Waals surface area contributed by atoms with Crippen LogP contribution in [0.2, 0.25) is 0 Å². The first kappa shape index (κ1) is 26.0. The fraction of sp³-hybridized carbons (Fsp3) is 0.800. The summed E-state index contributed by atoms with van der Waals surface area (Å²) < 4.78 is 27.4. The fourth-order valence-corrected chi connectivity index (χ4v) is 4.21. The Bertz CT molecular complexity index is 787. The molecule has 0 unspecified atom stereocenters. The van der Waals surface area contributed by atoms with E-state index in [1.165, 1.54) is 12.8 Å². The Hall–Kier alpha value is -1.61. The van der Waals surface area contributed by atoms with E-state index >= 15 is 0 Å². The minimum Gasteiger partial charge on any atom is -0.379 e. The molecule has 0 aliphatic carbocycles. The van der Waals surface area contributed by atoms with E-state index in [4.69, 9.17) is 18.9 Å². The second-order valence-electron chi connectivity index (χ2n) is 8.82. The summed E-state index contributed by atoms with van der Waals surface area (Å²) in [4.78, 5) is 13.0. The van der Waals surface area contributed by atoms with E-state index in [0.29, 0.717) is 19.8 Å². The van der Waals surface area contributed by atoms with E-state index in [-0.39, 0.29) is 24.5 Å². The van der Waals surface area contributed by atoms with Crippen molar-refractivity contribution in [3.05, 3.63) is 18.9 Å². The second-order valence-corrected chi connectivity index (χ2v) is 8.82. The highest BCUT2D eigenvalue weighted by Gasteiger charge is 2.47. The molecular weight excluding hydrogens is 420 g/mol. The van der Waals surface area contributed by atoms with Crippen LogP contribution in [0.25, 0.3) is 11.2 Å². The first-order valence-electron chi connectivity index (χ1n) is 12.9. The van der Waals surface area contributed by atoms with Gasteiger partial charge in [-0.25, -0.2) is 15.0 Å². The van der Waals surface area contributed by atoms with Gasteiger partial charge in [-0.2, -0.15) is 0 Å². The van der Waals surface area contributed by atoms with Gasteiger partial charge >= 0.3 is 0 Å². The number of rotatable bonds is 17. The topological polar surface area (TPSA) is 80.5 Å². The fourth-order valence-electron chi connectivity index (χ4n) is 4.21. The zero-order valence-electron chi connectivity index (χ0n) is 20.7. The van der Waals surface area contributed by atoms with Crippen LogP contribution >= 0.6 is 0 Å². The van der Waals surface area contributed by atoms with Crippen molar-refractivity contribution in [1.29, 1.82) is 0 Å². The van der Waals surface area contributed by atoms with Crippen molar-refractivity contribution >= 4 is 11.2 Å². The molecular formula is C25H42N4O4. The van der Waals surface area contributed by atoms with E-state index < -0.39 is 0 Å². The Morgan fingerprint density at radius 1 is 0.848 bits per heavy atom. The van der Waals surface area contributed by atoms with E-state index in [2.05, 4.69) is 35.7 Å². The van der Waals surface area contributed by atoms with Gasteiger partial charge in [0.1, 0.15) is 30.2 Å². The van der Waals surface area contributed by atoms with Crippen LogP contribution in [0.5, 0.6) is 0 Å². The molecule has 0 radical (unpaired) electrons. The van der Waals surface area contributed by atoms with Crippen molar-refractivity contribution in [3.63, 3.8) is 0 Å². The lowest BCUT2D eigenvalue weighted by atomic mass is 10.1. The summed E-state index contributed by atoms with van der Waals surface area (Å²) >= 11 is 0. The zero-order valence-corrected chi connectivity index (χ0v) is 20.7. The molecule has 4 atom stereocenters. The maximum atomic E-state index is 6.55. The van der Waals surface area contributed by atoms with Crippen LogP contribution in [-0.4, -0.2) is 64.3 Å². The van der Waals surface area contributed by atoms with E-state index in [1.807, 2.05) is 4.57 Å². The molecule has 3 heterocycles. The molecule has 0 spiro atoms. The summed E-state index contributed by atoms with van der Waals surface area (Å²) in [6.07, 6.45) is 14.1. The number of ether oxygens (including phenoxy) is 4. The van der Waals surface area contributed by atoms with E-state index in [9.17, 15) is 0 Å². The number of nitrogens with zero attached hydrogens (tertiary/aromatic N) is 4. The lowest BCUT2D eigenvalue weighted by Crippen LogP contribution is -2.39. The molecule has 1 aliphatic heterocycles. The number of hydrogen-bond acceptors (Lipinski definition) is 7. The van der Waals surface area contributed by atoms with Gasteiger partial charge in [0.25, 0.3) is 0 Å². The van der Waals surface area contributed by atoms with Gasteiger partial charge in [-0.15, -0.1) is 0 Å². The van der Waals surface area contributed by atoms with E-state index in [1.54, 1.807) is 18.9 Å². The Morgan fingerprint density at radius 3 is 2.21 bits per heavy atom. The maximum absolute atomic E-state index is 6.55. The minimum absolute atomic E-state index is 0.195. The van der Waals surface area contributed by atoms with Crippen molar-refractivity contribution in [3.8, 4) is 0 Å². The molecule has 186 valence electrons. The third-order valence-electron chi connectivity index (χ3n) is 6.09. The molecule has 8 nitrogen and oxygen atoms in total. The minimum atomic E-state index is -0.369. The third-order valence-corrected chi connectivity index (χ3v) is 6.09. The normalized spacial score (nSPS) is 23.0. The van der Waals surface area contributed by atoms with Crippen molar-refractivity contribution in [2.45, 2.75) is 103 Å². The summed E-state index contributed by atoms with van der Waals surface area (Å²) in [7, 11) is 0. The number of unbranched alkanes of at least 4 members (excludes halogenated alkanes) is 6. The van der Waals surface area contributed by atoms with Gasteiger partial charge in [0.05, 0.1) is 19.1 Å². The predicted octanol–water partition coefficient (Wildman–Crippen LogP) is 5.08. The van der Waals surface area contributed by atoms with Crippen LogP contribution in [0.3, 0.4) is 0 Å². The Labute approximate surface area is 198 Å². The standard InChI is InChI=1S/C25H42N4O4/c1-4-7-10-13-30-17-21-22(31-14-11-8-5-2)23(32-15-12-9-6-3)25(33-21)29-19-28-20-16-26-18-27-24(20)29/h16,18-19,21-23,25H,4-15,17H2,1-3H3/t21-,22-,23-,25-/m1/s1. The summed E-state index contributed by atoms with van der Waals surface area (Å²) in [5.74, 6) is 0. The van der Waals surface area contributed by atoms with Crippen LogP contribution in [0, 0.1) is 0 Å². The number of imidazole rings is 1. The highest BCUT2D eigenvalue weighted by atomic mass is 16.6. The zero-order chi connectivity index (χ0) is 23.3.